The lowest BCUT2D eigenvalue weighted by atomic mass is 9.75. The molecule has 0 N–H and O–H groups in total. The fourth-order valence-corrected chi connectivity index (χ4v) is 5.31. The number of nitrogens with zero attached hydrogens (tertiary/aromatic N) is 4. The van der Waals surface area contributed by atoms with Crippen molar-refractivity contribution in [3.63, 3.8) is 0 Å². The van der Waals surface area contributed by atoms with Gasteiger partial charge in [0.05, 0.1) is 11.0 Å². The normalized spacial score (nSPS) is 20.7. The van der Waals surface area contributed by atoms with Crippen LogP contribution in [0.25, 0.3) is 11.0 Å². The average molecular weight is 449 g/mol. The molecule has 1 saturated carbocycles. The maximum Gasteiger partial charge on any atom is 0.329 e. The summed E-state index contributed by atoms with van der Waals surface area (Å²) in [6.07, 6.45) is 6.42. The highest BCUT2D eigenvalue weighted by atomic mass is 19.2. The fourth-order valence-electron chi connectivity index (χ4n) is 5.31. The van der Waals surface area contributed by atoms with Gasteiger partial charge in [0, 0.05) is 51.4 Å². The van der Waals surface area contributed by atoms with Crippen LogP contribution in [0.15, 0.2) is 16.9 Å². The zero-order valence-electron chi connectivity index (χ0n) is 19.5. The Hall–Kier alpha value is -2.22. The number of halogens is 2. The van der Waals surface area contributed by atoms with E-state index in [0.29, 0.717) is 17.0 Å². The minimum atomic E-state index is -1.02. The van der Waals surface area contributed by atoms with E-state index >= 15 is 0 Å². The molecule has 0 unspecified atom stereocenters. The molecule has 176 valence electrons. The van der Waals surface area contributed by atoms with Crippen LogP contribution in [-0.4, -0.2) is 58.1 Å². The summed E-state index contributed by atoms with van der Waals surface area (Å²) in [4.78, 5) is 29.5. The van der Waals surface area contributed by atoms with E-state index in [9.17, 15) is 18.4 Å². The van der Waals surface area contributed by atoms with Crippen molar-refractivity contribution in [1.82, 2.24) is 18.9 Å². The predicted molar refractivity (Wildman–Crippen MR) is 121 cm³/mol. The first-order valence-corrected chi connectivity index (χ1v) is 11.6. The number of benzene rings is 1. The first-order chi connectivity index (χ1) is 15.1. The van der Waals surface area contributed by atoms with Crippen LogP contribution >= 0.6 is 0 Å². The molecular formula is C24H34F2N4O2. The molecule has 2 fully saturated rings. The molecule has 0 radical (unpaired) electrons. The van der Waals surface area contributed by atoms with Crippen LogP contribution in [-0.2, 0) is 11.3 Å². The standard InChI is InChI=1S/C24H34F2N4O2/c1-24(2)9-5-16(6-10-24)28-11-7-17(8-12-28)30-21-14-19(26)18(25)13-20(21)29(23(30)32)15-22(31)27(3)4/h13-14,16-17H,5-12,15H2,1-4H3. The van der Waals surface area contributed by atoms with Crippen molar-refractivity contribution in [2.24, 2.45) is 5.41 Å². The number of piperidine rings is 1. The van der Waals surface area contributed by atoms with Crippen LogP contribution in [0.2, 0.25) is 0 Å². The molecule has 0 bridgehead atoms. The first-order valence-electron chi connectivity index (χ1n) is 11.6. The lowest BCUT2D eigenvalue weighted by Crippen LogP contribution is -2.45. The monoisotopic (exact) mass is 448 g/mol. The number of rotatable bonds is 4. The van der Waals surface area contributed by atoms with Gasteiger partial charge in [-0.25, -0.2) is 13.6 Å². The van der Waals surface area contributed by atoms with Gasteiger partial charge in [-0.05, 0) is 43.9 Å². The van der Waals surface area contributed by atoms with Gasteiger partial charge in [0.25, 0.3) is 0 Å². The predicted octanol–water partition coefficient (Wildman–Crippen LogP) is 3.78. The third-order valence-corrected chi connectivity index (χ3v) is 7.49. The quantitative estimate of drug-likeness (QED) is 0.716. The van der Waals surface area contributed by atoms with E-state index in [-0.39, 0.29) is 29.7 Å². The fraction of sp³-hybridized carbons (Fsp3) is 0.667. The van der Waals surface area contributed by atoms with Gasteiger partial charge in [0.15, 0.2) is 11.6 Å². The molecule has 1 saturated heterocycles. The number of imidazole rings is 1. The summed E-state index contributed by atoms with van der Waals surface area (Å²) < 4.78 is 31.0. The topological polar surface area (TPSA) is 50.5 Å². The molecule has 4 rings (SSSR count). The van der Waals surface area contributed by atoms with Crippen molar-refractivity contribution in [2.45, 2.75) is 71.0 Å². The molecule has 1 aromatic heterocycles. The number of likely N-dealkylation sites (tertiary alicyclic amines) is 1. The molecule has 0 atom stereocenters. The van der Waals surface area contributed by atoms with Gasteiger partial charge in [-0.3, -0.25) is 13.9 Å². The van der Waals surface area contributed by atoms with Crippen LogP contribution < -0.4 is 5.69 Å². The Balaban J connectivity index is 1.59. The van der Waals surface area contributed by atoms with Crippen molar-refractivity contribution in [1.29, 1.82) is 0 Å². The number of hydrogen-bond donors (Lipinski definition) is 0. The van der Waals surface area contributed by atoms with Gasteiger partial charge in [-0.2, -0.15) is 0 Å². The van der Waals surface area contributed by atoms with Gasteiger partial charge < -0.3 is 9.80 Å². The molecule has 2 heterocycles. The number of aromatic nitrogens is 2. The Morgan fingerprint density at radius 1 is 1.00 bits per heavy atom. The Morgan fingerprint density at radius 2 is 1.56 bits per heavy atom. The Bertz CT molecular complexity index is 1050. The SMILES string of the molecule is CN(C)C(=O)Cn1c(=O)n(C2CCN(C3CCC(C)(C)CC3)CC2)c2cc(F)c(F)cc21. The molecule has 1 amide bonds. The van der Waals surface area contributed by atoms with Crippen LogP contribution in [0, 0.1) is 17.0 Å². The van der Waals surface area contributed by atoms with E-state index in [1.807, 2.05) is 0 Å². The van der Waals surface area contributed by atoms with Crippen molar-refractivity contribution < 1.29 is 13.6 Å². The first kappa shape index (κ1) is 23.0. The van der Waals surface area contributed by atoms with Crippen molar-refractivity contribution in [3.05, 3.63) is 34.3 Å². The van der Waals surface area contributed by atoms with Gasteiger partial charge in [-0.1, -0.05) is 13.8 Å². The molecule has 8 heteroatoms. The molecule has 2 aromatic rings. The highest BCUT2D eigenvalue weighted by Gasteiger charge is 2.33. The average Bonchev–Trinajstić information content (AvgIpc) is 2.99. The van der Waals surface area contributed by atoms with Crippen LogP contribution in [0.4, 0.5) is 8.78 Å². The molecule has 2 aliphatic rings. The molecule has 1 aromatic carbocycles. The number of hydrogen-bond acceptors (Lipinski definition) is 3. The van der Waals surface area contributed by atoms with E-state index in [2.05, 4.69) is 18.7 Å². The summed E-state index contributed by atoms with van der Waals surface area (Å²) in [6, 6.07) is 2.62. The second-order valence-corrected chi connectivity index (χ2v) is 10.4. The summed E-state index contributed by atoms with van der Waals surface area (Å²) in [5, 5.41) is 0. The van der Waals surface area contributed by atoms with Crippen molar-refractivity contribution in [3.8, 4) is 0 Å². The minimum Gasteiger partial charge on any atom is -0.347 e. The largest absolute Gasteiger partial charge is 0.347 e. The van der Waals surface area contributed by atoms with E-state index in [1.54, 1.807) is 18.7 Å². The zero-order valence-corrected chi connectivity index (χ0v) is 19.5. The smallest absolute Gasteiger partial charge is 0.329 e. The van der Waals surface area contributed by atoms with Crippen LogP contribution in [0.1, 0.15) is 58.4 Å². The third-order valence-electron chi connectivity index (χ3n) is 7.49. The van der Waals surface area contributed by atoms with Gasteiger partial charge in [0.2, 0.25) is 5.91 Å². The maximum absolute atomic E-state index is 14.1. The second-order valence-electron chi connectivity index (χ2n) is 10.4. The summed E-state index contributed by atoms with van der Waals surface area (Å²) in [5.74, 6) is -2.27. The lowest BCUT2D eigenvalue weighted by molar-refractivity contribution is -0.129. The van der Waals surface area contributed by atoms with Crippen LogP contribution in [0.3, 0.4) is 0 Å². The molecule has 1 aliphatic heterocycles. The molecular weight excluding hydrogens is 414 g/mol. The van der Waals surface area contributed by atoms with Crippen LogP contribution in [0.5, 0.6) is 0 Å². The zero-order chi connectivity index (χ0) is 23.2. The van der Waals surface area contributed by atoms with Gasteiger partial charge >= 0.3 is 5.69 Å². The Kier molecular flexibility index (Phi) is 6.18. The molecule has 6 nitrogen and oxygen atoms in total. The summed E-state index contributed by atoms with van der Waals surface area (Å²) in [5.41, 5.74) is 0.672. The summed E-state index contributed by atoms with van der Waals surface area (Å²) >= 11 is 0. The maximum atomic E-state index is 14.1. The number of amides is 1. The van der Waals surface area contributed by atoms with E-state index < -0.39 is 11.6 Å². The molecule has 1 aliphatic carbocycles. The summed E-state index contributed by atoms with van der Waals surface area (Å²) in [7, 11) is 3.21. The summed E-state index contributed by atoms with van der Waals surface area (Å²) in [6.45, 7) is 6.24. The highest BCUT2D eigenvalue weighted by molar-refractivity contribution is 5.81. The number of likely N-dealkylation sites (N-methyl/N-ethyl adjacent to an activating group) is 1. The number of carbonyl (C=O) groups excluding carboxylic acids is 1. The molecule has 0 spiro atoms. The number of carbonyl (C=O) groups is 1. The third kappa shape index (κ3) is 4.34. The van der Waals surface area contributed by atoms with Crippen molar-refractivity contribution >= 4 is 16.9 Å². The van der Waals surface area contributed by atoms with Gasteiger partial charge in [-0.15, -0.1) is 0 Å². The number of fused-ring (bicyclic) bond motifs is 1. The lowest BCUT2D eigenvalue weighted by Gasteiger charge is -2.43. The van der Waals surface area contributed by atoms with E-state index in [1.165, 1.54) is 35.2 Å². The van der Waals surface area contributed by atoms with Gasteiger partial charge in [0.1, 0.15) is 6.54 Å². The molecule has 32 heavy (non-hydrogen) atoms. The second kappa shape index (κ2) is 8.61. The minimum absolute atomic E-state index is 0.0955. The highest BCUT2D eigenvalue weighted by Crippen LogP contribution is 2.38. The Morgan fingerprint density at radius 3 is 2.12 bits per heavy atom. The van der Waals surface area contributed by atoms with Crippen molar-refractivity contribution in [2.75, 3.05) is 27.2 Å². The van der Waals surface area contributed by atoms with E-state index in [4.69, 9.17) is 0 Å². The van der Waals surface area contributed by atoms with E-state index in [0.717, 1.165) is 38.1 Å². The Labute approximate surface area is 187 Å².